The predicted molar refractivity (Wildman–Crippen MR) is 73.3 cm³/mol. The molecule has 6 aliphatic heterocycles. The van der Waals surface area contributed by atoms with Gasteiger partial charge in [-0.2, -0.15) is 10.0 Å². The summed E-state index contributed by atoms with van der Waals surface area (Å²) in [6, 6.07) is 0. The average Bonchev–Trinajstić information content (AvgIpc) is 3.36. The van der Waals surface area contributed by atoms with Gasteiger partial charge in [0.05, 0.1) is 48.1 Å². The third-order valence-corrected chi connectivity index (χ3v) is 5.97. The zero-order valence-electron chi connectivity index (χ0n) is 12.3. The van der Waals surface area contributed by atoms with Gasteiger partial charge in [0.2, 0.25) is 0 Å². The Morgan fingerprint density at radius 1 is 0.542 bits per heavy atom. The largest absolute Gasteiger partial charge is 0.365 e. The van der Waals surface area contributed by atoms with E-state index in [1.807, 2.05) is 0 Å². The standard InChI is InChI=1S/C16H12N2O6/c19-13-9-5-1-2-6(23-5)10(9)14(20)17(13)18-15(21)11-7-3-4-8(24-7)12(11)16(18)22/h1-12H/t5-,6-,7-,8-,9-,10+,11-,12+/m0/s1. The molecule has 0 aromatic heterocycles. The van der Waals surface area contributed by atoms with Crippen LogP contribution in [0.1, 0.15) is 0 Å². The minimum atomic E-state index is -0.639. The van der Waals surface area contributed by atoms with Gasteiger partial charge in [0.1, 0.15) is 0 Å². The lowest BCUT2D eigenvalue weighted by Crippen LogP contribution is -2.52. The predicted octanol–water partition coefficient (Wildman–Crippen LogP) is -1.22. The topological polar surface area (TPSA) is 93.2 Å². The van der Waals surface area contributed by atoms with Gasteiger partial charge in [-0.15, -0.1) is 0 Å². The molecule has 0 spiro atoms. The van der Waals surface area contributed by atoms with Crippen LogP contribution in [0.5, 0.6) is 0 Å². The molecule has 4 fully saturated rings. The van der Waals surface area contributed by atoms with Gasteiger partial charge in [0.25, 0.3) is 23.6 Å². The number of ether oxygens (including phenoxy) is 2. The zero-order valence-corrected chi connectivity index (χ0v) is 12.3. The molecule has 0 saturated carbocycles. The van der Waals surface area contributed by atoms with Crippen molar-refractivity contribution in [2.24, 2.45) is 23.7 Å². The van der Waals surface area contributed by atoms with Gasteiger partial charge in [-0.05, 0) is 0 Å². The van der Waals surface area contributed by atoms with Crippen molar-refractivity contribution < 1.29 is 28.7 Å². The smallest absolute Gasteiger partial charge is 0.255 e. The molecule has 8 nitrogen and oxygen atoms in total. The molecule has 0 aromatic rings. The van der Waals surface area contributed by atoms with Crippen molar-refractivity contribution in [1.82, 2.24) is 10.0 Å². The minimum absolute atomic E-state index is 0.449. The fraction of sp³-hybridized carbons (Fsp3) is 0.500. The van der Waals surface area contributed by atoms with Crippen LogP contribution < -0.4 is 0 Å². The first kappa shape index (κ1) is 13.0. The fourth-order valence-electron chi connectivity index (χ4n) is 4.97. The van der Waals surface area contributed by atoms with Crippen molar-refractivity contribution in [3.05, 3.63) is 24.3 Å². The summed E-state index contributed by atoms with van der Waals surface area (Å²) >= 11 is 0. The maximum absolute atomic E-state index is 12.8. The quantitative estimate of drug-likeness (QED) is 0.442. The number of carbonyl (C=O) groups is 4. The van der Waals surface area contributed by atoms with E-state index in [2.05, 4.69) is 0 Å². The minimum Gasteiger partial charge on any atom is -0.365 e. The molecule has 8 atom stereocenters. The van der Waals surface area contributed by atoms with Gasteiger partial charge in [0, 0.05) is 0 Å². The van der Waals surface area contributed by atoms with Gasteiger partial charge in [-0.25, -0.2) is 0 Å². The van der Waals surface area contributed by atoms with Crippen molar-refractivity contribution in [3.63, 3.8) is 0 Å². The SMILES string of the molecule is O=C1[C@@H]2[C@H](C(=O)N1N1C(=O)[C@@H]3[C@H](C1=O)[C@@H]1C=C[C@@H]3O1)[C@@H]1C=C[C@@H]2O1. The number of imide groups is 2. The lowest BCUT2D eigenvalue weighted by molar-refractivity contribution is -0.176. The van der Waals surface area contributed by atoms with Crippen molar-refractivity contribution in [1.29, 1.82) is 0 Å². The Morgan fingerprint density at radius 2 is 0.792 bits per heavy atom. The first-order valence-corrected chi connectivity index (χ1v) is 8.01. The van der Waals surface area contributed by atoms with E-state index in [-0.39, 0.29) is 0 Å². The van der Waals surface area contributed by atoms with Crippen molar-refractivity contribution in [2.75, 3.05) is 0 Å². The molecule has 122 valence electrons. The van der Waals surface area contributed by atoms with E-state index in [0.717, 1.165) is 10.0 Å². The van der Waals surface area contributed by atoms with E-state index in [0.29, 0.717) is 0 Å². The zero-order chi connectivity index (χ0) is 16.3. The first-order chi connectivity index (χ1) is 11.6. The summed E-state index contributed by atoms with van der Waals surface area (Å²) in [5.74, 6) is -4.65. The summed E-state index contributed by atoms with van der Waals surface area (Å²) in [7, 11) is 0. The molecule has 6 aliphatic rings. The number of hydrogen-bond donors (Lipinski definition) is 0. The second-order valence-electron chi connectivity index (χ2n) is 6.98. The van der Waals surface area contributed by atoms with E-state index >= 15 is 0 Å². The number of amides is 4. The van der Waals surface area contributed by atoms with Crippen molar-refractivity contribution in [2.45, 2.75) is 24.4 Å². The fourth-order valence-corrected chi connectivity index (χ4v) is 4.97. The maximum Gasteiger partial charge on any atom is 0.255 e. The summed E-state index contributed by atoms with van der Waals surface area (Å²) in [6.45, 7) is 0. The van der Waals surface area contributed by atoms with Crippen LogP contribution >= 0.6 is 0 Å². The third kappa shape index (κ3) is 1.20. The van der Waals surface area contributed by atoms with E-state index in [1.165, 1.54) is 0 Å². The van der Waals surface area contributed by atoms with Crippen LogP contribution in [0.2, 0.25) is 0 Å². The maximum atomic E-state index is 12.8. The van der Waals surface area contributed by atoms with Gasteiger partial charge in [-0.1, -0.05) is 24.3 Å². The number of nitrogens with zero attached hydrogens (tertiary/aromatic N) is 2. The average molecular weight is 328 g/mol. The molecule has 8 heteroatoms. The van der Waals surface area contributed by atoms with Crippen LogP contribution in [0.25, 0.3) is 0 Å². The lowest BCUT2D eigenvalue weighted by Gasteiger charge is -2.26. The second-order valence-corrected chi connectivity index (χ2v) is 6.98. The Morgan fingerprint density at radius 3 is 1.04 bits per heavy atom. The van der Waals surface area contributed by atoms with E-state index in [4.69, 9.17) is 9.47 Å². The number of fused-ring (bicyclic) bond motifs is 10. The number of rotatable bonds is 1. The highest BCUT2D eigenvalue weighted by Gasteiger charge is 2.68. The molecule has 6 heterocycles. The molecular formula is C16H12N2O6. The molecule has 4 bridgehead atoms. The second kappa shape index (κ2) is 3.84. The van der Waals surface area contributed by atoms with Crippen LogP contribution in [-0.4, -0.2) is 58.1 Å². The number of hydrogen-bond acceptors (Lipinski definition) is 6. The molecule has 0 unspecified atom stereocenters. The Balaban J connectivity index is 1.39. The van der Waals surface area contributed by atoms with Crippen molar-refractivity contribution >= 4 is 23.6 Å². The molecule has 4 amide bonds. The molecule has 6 rings (SSSR count). The number of hydrazine groups is 1. The van der Waals surface area contributed by atoms with Crippen LogP contribution in [-0.2, 0) is 28.7 Å². The molecule has 0 radical (unpaired) electrons. The first-order valence-electron chi connectivity index (χ1n) is 8.01. The van der Waals surface area contributed by atoms with Gasteiger partial charge in [-0.3, -0.25) is 19.2 Å². The van der Waals surface area contributed by atoms with Crippen LogP contribution in [0, 0.1) is 23.7 Å². The highest BCUT2D eigenvalue weighted by molar-refractivity contribution is 6.14. The summed E-state index contributed by atoms with van der Waals surface area (Å²) in [4.78, 5) is 51.0. The van der Waals surface area contributed by atoms with Crippen LogP contribution in [0.3, 0.4) is 0 Å². The normalized spacial score (nSPS) is 50.0. The lowest BCUT2D eigenvalue weighted by atomic mass is 9.85. The van der Waals surface area contributed by atoms with Gasteiger partial charge >= 0.3 is 0 Å². The summed E-state index contributed by atoms with van der Waals surface area (Å²) in [5, 5.41) is 1.54. The van der Waals surface area contributed by atoms with E-state index in [1.54, 1.807) is 24.3 Å². The molecular weight excluding hydrogens is 316 g/mol. The highest BCUT2D eigenvalue weighted by atomic mass is 16.5. The molecule has 4 saturated heterocycles. The Hall–Kier alpha value is -2.32. The molecule has 0 aromatic carbocycles. The van der Waals surface area contributed by atoms with Gasteiger partial charge in [0.15, 0.2) is 0 Å². The summed E-state index contributed by atoms with van der Waals surface area (Å²) in [6.07, 6.45) is 5.26. The van der Waals surface area contributed by atoms with E-state index < -0.39 is 71.7 Å². The summed E-state index contributed by atoms with van der Waals surface area (Å²) in [5.41, 5.74) is 0. The Labute approximate surface area is 135 Å². The molecule has 0 aliphatic carbocycles. The molecule has 0 N–H and O–H groups in total. The van der Waals surface area contributed by atoms with Crippen molar-refractivity contribution in [3.8, 4) is 0 Å². The van der Waals surface area contributed by atoms with E-state index in [9.17, 15) is 19.2 Å². The summed E-state index contributed by atoms with van der Waals surface area (Å²) < 4.78 is 11.1. The van der Waals surface area contributed by atoms with Crippen LogP contribution in [0.15, 0.2) is 24.3 Å². The van der Waals surface area contributed by atoms with Gasteiger partial charge < -0.3 is 9.47 Å². The third-order valence-electron chi connectivity index (χ3n) is 5.97. The Bertz CT molecular complexity index is 676. The monoisotopic (exact) mass is 328 g/mol. The van der Waals surface area contributed by atoms with Crippen LogP contribution in [0.4, 0.5) is 0 Å². The number of carbonyl (C=O) groups excluding carboxylic acids is 4. The Kier molecular flexibility index (Phi) is 2.08. The highest BCUT2D eigenvalue weighted by Crippen LogP contribution is 2.49. The molecule has 24 heavy (non-hydrogen) atoms.